The molecule has 0 saturated heterocycles. The minimum atomic E-state index is -4.60. The van der Waals surface area contributed by atoms with E-state index in [1.807, 2.05) is 0 Å². The number of carboxylic acids is 1. The van der Waals surface area contributed by atoms with E-state index < -0.39 is 45.1 Å². The highest BCUT2D eigenvalue weighted by Gasteiger charge is 2.27. The van der Waals surface area contributed by atoms with E-state index in [1.165, 1.54) is 148 Å². The highest BCUT2D eigenvalue weighted by Crippen LogP contribution is 2.43. The predicted octanol–water partition coefficient (Wildman–Crippen LogP) is 11.2. The average molecular weight is 750 g/mol. The van der Waals surface area contributed by atoms with Gasteiger partial charge in [0.2, 0.25) is 0 Å². The number of rotatable bonds is 41. The molecular weight excluding hydrogens is 669 g/mol. The van der Waals surface area contributed by atoms with Crippen molar-refractivity contribution in [3.63, 3.8) is 0 Å². The van der Waals surface area contributed by atoms with Crippen LogP contribution in [0.1, 0.15) is 206 Å². The minimum Gasteiger partial charge on any atom is -0.480 e. The number of unbranched alkanes of at least 4 members (excludes halogenated alkanes) is 27. The number of aliphatic carboxylic acids is 1. The van der Waals surface area contributed by atoms with Crippen molar-refractivity contribution in [2.75, 3.05) is 26.4 Å². The Bertz CT molecular complexity index is 832. The van der Waals surface area contributed by atoms with Crippen molar-refractivity contribution in [1.82, 2.24) is 0 Å². The van der Waals surface area contributed by atoms with Gasteiger partial charge in [0.15, 0.2) is 0 Å². The van der Waals surface area contributed by atoms with Gasteiger partial charge in [-0.2, -0.15) is 0 Å². The molecule has 0 aliphatic carbocycles. The average Bonchev–Trinajstić information content (AvgIpc) is 3.10. The Morgan fingerprint density at radius 1 is 0.549 bits per heavy atom. The number of esters is 1. The summed E-state index contributed by atoms with van der Waals surface area (Å²) < 4.78 is 33.3. The predicted molar refractivity (Wildman–Crippen MR) is 208 cm³/mol. The van der Waals surface area contributed by atoms with Crippen molar-refractivity contribution in [3.05, 3.63) is 0 Å². The summed E-state index contributed by atoms with van der Waals surface area (Å²) in [6, 6.07) is -1.47. The number of phosphoric ester groups is 1. The Hall–Kier alpha value is -1.03. The second-order valence-corrected chi connectivity index (χ2v) is 15.9. The molecule has 0 fully saturated rings. The topological polar surface area (TPSA) is 155 Å². The molecule has 0 spiro atoms. The second kappa shape index (κ2) is 37.3. The molecule has 1 unspecified atom stereocenters. The van der Waals surface area contributed by atoms with Gasteiger partial charge in [-0.1, -0.05) is 187 Å². The lowest BCUT2D eigenvalue weighted by molar-refractivity contribution is -0.154. The lowest BCUT2D eigenvalue weighted by Crippen LogP contribution is -2.34. The molecule has 0 aromatic carbocycles. The highest BCUT2D eigenvalue weighted by atomic mass is 31.2. The Morgan fingerprint density at radius 2 is 0.902 bits per heavy atom. The fourth-order valence-electron chi connectivity index (χ4n) is 6.08. The van der Waals surface area contributed by atoms with Gasteiger partial charge >= 0.3 is 19.8 Å². The van der Waals surface area contributed by atoms with Crippen LogP contribution in [-0.4, -0.2) is 60.5 Å². The molecule has 51 heavy (non-hydrogen) atoms. The molecule has 11 heteroatoms. The van der Waals surface area contributed by atoms with Gasteiger partial charge < -0.3 is 25.2 Å². The van der Waals surface area contributed by atoms with E-state index in [0.717, 1.165) is 38.5 Å². The lowest BCUT2D eigenvalue weighted by Gasteiger charge is -2.20. The largest absolute Gasteiger partial charge is 0.480 e. The smallest absolute Gasteiger partial charge is 0.472 e. The number of carbonyl (C=O) groups is 2. The third-order valence-electron chi connectivity index (χ3n) is 9.39. The van der Waals surface area contributed by atoms with Crippen LogP contribution in [0.2, 0.25) is 0 Å². The van der Waals surface area contributed by atoms with E-state index in [4.69, 9.17) is 29.4 Å². The molecule has 0 aromatic heterocycles. The molecule has 10 nitrogen and oxygen atoms in total. The fourth-order valence-corrected chi connectivity index (χ4v) is 6.85. The van der Waals surface area contributed by atoms with Crippen molar-refractivity contribution in [1.29, 1.82) is 0 Å². The van der Waals surface area contributed by atoms with Crippen LogP contribution in [0.15, 0.2) is 0 Å². The van der Waals surface area contributed by atoms with Crippen molar-refractivity contribution >= 4 is 19.8 Å². The molecule has 0 saturated carbocycles. The van der Waals surface area contributed by atoms with Crippen LogP contribution < -0.4 is 5.73 Å². The molecule has 4 N–H and O–H groups in total. The summed E-state index contributed by atoms with van der Waals surface area (Å²) in [5, 5.41) is 8.88. The molecule has 0 bridgehead atoms. The van der Waals surface area contributed by atoms with Gasteiger partial charge in [0.25, 0.3) is 0 Å². The monoisotopic (exact) mass is 750 g/mol. The standard InChI is InChI=1S/C40H80NO9P/c1-3-5-7-9-11-13-15-17-19-20-22-24-26-28-30-32-39(42)50-37(35-48-51(45,46)49-36-38(41)40(43)44)34-47-33-31-29-27-25-23-21-18-16-14-12-10-8-6-4-2/h37-38H,3-36,41H2,1-2H3,(H,43,44)(H,45,46)/t37-,38+/m1/s1. The molecule has 0 radical (unpaired) electrons. The van der Waals surface area contributed by atoms with Crippen molar-refractivity contribution in [2.45, 2.75) is 219 Å². The SMILES string of the molecule is CCCCCCCCCCCCCCCCCC(=O)O[C@H](COCCCCCCCCCCCCCCCC)COP(=O)(O)OC[C@H](N)C(=O)O. The molecule has 304 valence electrons. The van der Waals surface area contributed by atoms with Crippen molar-refractivity contribution in [2.24, 2.45) is 5.73 Å². The summed E-state index contributed by atoms with van der Waals surface area (Å²) in [4.78, 5) is 33.5. The van der Waals surface area contributed by atoms with Crippen molar-refractivity contribution in [3.8, 4) is 0 Å². The van der Waals surface area contributed by atoms with Gasteiger partial charge in [-0.05, 0) is 12.8 Å². The second-order valence-electron chi connectivity index (χ2n) is 14.5. The van der Waals surface area contributed by atoms with E-state index in [-0.39, 0.29) is 13.0 Å². The van der Waals surface area contributed by atoms with Gasteiger partial charge in [-0.25, -0.2) is 4.57 Å². The van der Waals surface area contributed by atoms with Crippen LogP contribution in [0.25, 0.3) is 0 Å². The molecule has 0 heterocycles. The molecule has 3 atom stereocenters. The fraction of sp³-hybridized carbons (Fsp3) is 0.950. The zero-order valence-electron chi connectivity index (χ0n) is 33.0. The number of hydrogen-bond donors (Lipinski definition) is 3. The summed E-state index contributed by atoms with van der Waals surface area (Å²) in [6.45, 7) is 3.92. The third kappa shape index (κ3) is 37.1. The summed E-state index contributed by atoms with van der Waals surface area (Å²) in [5.41, 5.74) is 5.35. The van der Waals surface area contributed by atoms with Crippen LogP contribution in [0.5, 0.6) is 0 Å². The first-order valence-electron chi connectivity index (χ1n) is 21.1. The van der Waals surface area contributed by atoms with Crippen LogP contribution >= 0.6 is 7.82 Å². The number of carboxylic acid groups (broad SMARTS) is 1. The maximum absolute atomic E-state index is 12.6. The Morgan fingerprint density at radius 3 is 1.29 bits per heavy atom. The molecule has 0 aliphatic rings. The number of hydrogen-bond acceptors (Lipinski definition) is 8. The van der Waals surface area contributed by atoms with E-state index >= 15 is 0 Å². The normalized spacial score (nSPS) is 14.0. The zero-order chi connectivity index (χ0) is 37.7. The summed E-state index contributed by atoms with van der Waals surface area (Å²) in [6.07, 6.45) is 35.7. The lowest BCUT2D eigenvalue weighted by atomic mass is 10.0. The Kier molecular flexibility index (Phi) is 36.5. The first-order chi connectivity index (χ1) is 24.7. The summed E-state index contributed by atoms with van der Waals surface area (Å²) >= 11 is 0. The quantitative estimate of drug-likeness (QED) is 0.0312. The van der Waals surface area contributed by atoms with Gasteiger partial charge in [-0.3, -0.25) is 18.6 Å². The van der Waals surface area contributed by atoms with Crippen molar-refractivity contribution < 1.29 is 42.7 Å². The molecule has 0 amide bonds. The molecule has 0 aromatic rings. The van der Waals surface area contributed by atoms with E-state index in [1.54, 1.807) is 0 Å². The molecular formula is C40H80NO9P. The zero-order valence-corrected chi connectivity index (χ0v) is 33.9. The van der Waals surface area contributed by atoms with Gasteiger partial charge in [0, 0.05) is 13.0 Å². The maximum atomic E-state index is 12.6. The van der Waals surface area contributed by atoms with Crippen LogP contribution in [-0.2, 0) is 32.7 Å². The number of carbonyl (C=O) groups excluding carboxylic acids is 1. The Labute approximate surface area is 312 Å². The molecule has 0 rings (SSSR count). The maximum Gasteiger partial charge on any atom is 0.472 e. The van der Waals surface area contributed by atoms with Gasteiger partial charge in [0.1, 0.15) is 12.1 Å². The third-order valence-corrected chi connectivity index (χ3v) is 10.3. The van der Waals surface area contributed by atoms with Crippen LogP contribution in [0.3, 0.4) is 0 Å². The van der Waals surface area contributed by atoms with Crippen LogP contribution in [0.4, 0.5) is 0 Å². The van der Waals surface area contributed by atoms with E-state index in [0.29, 0.717) is 6.61 Å². The summed E-state index contributed by atoms with van der Waals surface area (Å²) in [5.74, 6) is -1.77. The van der Waals surface area contributed by atoms with Gasteiger partial charge in [-0.15, -0.1) is 0 Å². The number of nitrogens with two attached hydrogens (primary N) is 1. The van der Waals surface area contributed by atoms with Crippen LogP contribution in [0, 0.1) is 0 Å². The first-order valence-corrected chi connectivity index (χ1v) is 22.6. The van der Waals surface area contributed by atoms with E-state index in [9.17, 15) is 19.0 Å². The van der Waals surface area contributed by atoms with Gasteiger partial charge in [0.05, 0.1) is 19.8 Å². The first kappa shape index (κ1) is 50.0. The highest BCUT2D eigenvalue weighted by molar-refractivity contribution is 7.47. The minimum absolute atomic E-state index is 0.0255. The summed E-state index contributed by atoms with van der Waals surface area (Å²) in [7, 11) is -4.60. The number of ether oxygens (including phenoxy) is 2. The Balaban J connectivity index is 4.21. The molecule has 0 aliphatic heterocycles. The van der Waals surface area contributed by atoms with E-state index in [2.05, 4.69) is 13.8 Å². The number of phosphoric acid groups is 1.